The van der Waals surface area contributed by atoms with Gasteiger partial charge in [0.1, 0.15) is 22.7 Å². The molecule has 12 heteroatoms. The fourth-order valence-electron chi connectivity index (χ4n) is 4.19. The first-order valence-electron chi connectivity index (χ1n) is 11.2. The van der Waals surface area contributed by atoms with Crippen molar-refractivity contribution in [1.82, 2.24) is 29.4 Å². The van der Waals surface area contributed by atoms with Gasteiger partial charge in [0.2, 0.25) is 5.95 Å². The van der Waals surface area contributed by atoms with Gasteiger partial charge in [-0.1, -0.05) is 0 Å². The third-order valence-corrected chi connectivity index (χ3v) is 6.03. The van der Waals surface area contributed by atoms with Crippen LogP contribution in [0.25, 0.3) is 22.6 Å². The lowest BCUT2D eigenvalue weighted by molar-refractivity contribution is 0.247. The molecular formula is C23H25FN8O3. The minimum atomic E-state index is -0.410. The van der Waals surface area contributed by atoms with Crippen LogP contribution in [-0.2, 0) is 6.54 Å². The smallest absolute Gasteiger partial charge is 0.270 e. The number of anilines is 2. The number of nitrogens with zero attached hydrogens (tertiary/aromatic N) is 7. The Morgan fingerprint density at radius 1 is 1.11 bits per heavy atom. The summed E-state index contributed by atoms with van der Waals surface area (Å²) in [6.45, 7) is 5.43. The summed E-state index contributed by atoms with van der Waals surface area (Å²) < 4.78 is 26.7. The zero-order valence-electron chi connectivity index (χ0n) is 19.4. The highest BCUT2D eigenvalue weighted by Gasteiger charge is 2.22. The molecule has 0 saturated carbocycles. The number of furan rings is 1. The lowest BCUT2D eigenvalue weighted by atomic mass is 10.2. The van der Waals surface area contributed by atoms with Gasteiger partial charge in [0.05, 0.1) is 19.5 Å². The van der Waals surface area contributed by atoms with Crippen molar-refractivity contribution < 1.29 is 13.5 Å². The number of halogens is 1. The first kappa shape index (κ1) is 22.7. The van der Waals surface area contributed by atoms with E-state index in [1.807, 2.05) is 17.9 Å². The van der Waals surface area contributed by atoms with Gasteiger partial charge in [-0.25, -0.2) is 19.3 Å². The highest BCUT2D eigenvalue weighted by molar-refractivity contribution is 5.86. The van der Waals surface area contributed by atoms with Gasteiger partial charge < -0.3 is 19.8 Å². The number of fused-ring (bicyclic) bond motifs is 1. The molecular weight excluding hydrogens is 455 g/mol. The third kappa shape index (κ3) is 4.52. The number of rotatable bonds is 6. The molecule has 0 spiro atoms. The Morgan fingerprint density at radius 2 is 1.91 bits per heavy atom. The molecule has 0 atom stereocenters. The van der Waals surface area contributed by atoms with Crippen LogP contribution in [0.5, 0.6) is 5.75 Å². The van der Waals surface area contributed by atoms with Crippen molar-refractivity contribution in [3.8, 4) is 17.2 Å². The van der Waals surface area contributed by atoms with Gasteiger partial charge in [0, 0.05) is 45.3 Å². The van der Waals surface area contributed by atoms with E-state index < -0.39 is 5.82 Å². The molecule has 0 aliphatic carbocycles. The Kier molecular flexibility index (Phi) is 6.03. The minimum Gasteiger partial charge on any atom is -0.495 e. The Morgan fingerprint density at radius 3 is 2.60 bits per heavy atom. The summed E-state index contributed by atoms with van der Waals surface area (Å²) in [6.07, 6.45) is 2.77. The van der Waals surface area contributed by atoms with E-state index >= 15 is 0 Å². The number of piperazine rings is 1. The van der Waals surface area contributed by atoms with Crippen LogP contribution in [-0.4, -0.2) is 69.2 Å². The van der Waals surface area contributed by atoms with Gasteiger partial charge in [-0.2, -0.15) is 4.98 Å². The predicted octanol–water partition coefficient (Wildman–Crippen LogP) is 1.70. The van der Waals surface area contributed by atoms with Crippen LogP contribution >= 0.6 is 0 Å². The van der Waals surface area contributed by atoms with Crippen LogP contribution < -0.4 is 20.9 Å². The van der Waals surface area contributed by atoms with Crippen LogP contribution in [0.15, 0.2) is 39.8 Å². The molecule has 2 N–H and O–H groups in total. The fourth-order valence-corrected chi connectivity index (χ4v) is 4.19. The fraction of sp³-hybridized carbons (Fsp3) is 0.348. The van der Waals surface area contributed by atoms with E-state index in [1.165, 1.54) is 25.6 Å². The largest absolute Gasteiger partial charge is 0.495 e. The van der Waals surface area contributed by atoms with E-state index in [-0.39, 0.29) is 11.5 Å². The summed E-state index contributed by atoms with van der Waals surface area (Å²) in [4.78, 5) is 33.9. The zero-order valence-corrected chi connectivity index (χ0v) is 19.4. The van der Waals surface area contributed by atoms with Crippen molar-refractivity contribution in [2.24, 2.45) is 0 Å². The molecule has 1 aliphatic rings. The van der Waals surface area contributed by atoms with Gasteiger partial charge in [0.15, 0.2) is 23.0 Å². The maximum atomic E-state index is 14.4. The molecule has 0 aromatic carbocycles. The molecule has 4 aromatic rings. The van der Waals surface area contributed by atoms with E-state index in [9.17, 15) is 9.18 Å². The zero-order chi connectivity index (χ0) is 24.5. The Bertz CT molecular complexity index is 1430. The summed E-state index contributed by atoms with van der Waals surface area (Å²) in [6, 6.07) is 4.94. The Balaban J connectivity index is 1.32. The molecule has 4 aromatic heterocycles. The first-order valence-corrected chi connectivity index (χ1v) is 11.2. The maximum Gasteiger partial charge on any atom is 0.270 e. The molecule has 1 aliphatic heterocycles. The average Bonchev–Trinajstić information content (AvgIpc) is 3.29. The summed E-state index contributed by atoms with van der Waals surface area (Å²) >= 11 is 0. The van der Waals surface area contributed by atoms with Crippen molar-refractivity contribution in [2.75, 3.05) is 50.5 Å². The van der Waals surface area contributed by atoms with E-state index in [4.69, 9.17) is 14.9 Å². The molecule has 1 saturated heterocycles. The monoisotopic (exact) mass is 480 g/mol. The minimum absolute atomic E-state index is 0.0327. The van der Waals surface area contributed by atoms with Crippen LogP contribution in [0.1, 0.15) is 5.76 Å². The van der Waals surface area contributed by atoms with Gasteiger partial charge in [-0.15, -0.1) is 0 Å². The van der Waals surface area contributed by atoms with E-state index in [0.717, 1.165) is 5.76 Å². The lowest BCUT2D eigenvalue weighted by Crippen LogP contribution is -2.48. The van der Waals surface area contributed by atoms with Gasteiger partial charge in [-0.05, 0) is 19.1 Å². The molecule has 0 radical (unpaired) electrons. The Labute approximate surface area is 200 Å². The molecule has 0 bridgehead atoms. The molecule has 182 valence electrons. The van der Waals surface area contributed by atoms with E-state index in [1.54, 1.807) is 10.6 Å². The van der Waals surface area contributed by atoms with Crippen LogP contribution in [0.4, 0.5) is 16.2 Å². The van der Waals surface area contributed by atoms with Gasteiger partial charge in [-0.3, -0.25) is 14.3 Å². The number of aryl methyl sites for hydroxylation is 1. The van der Waals surface area contributed by atoms with Crippen LogP contribution in [0, 0.1) is 12.7 Å². The predicted molar refractivity (Wildman–Crippen MR) is 128 cm³/mol. The normalized spacial score (nSPS) is 14.5. The summed E-state index contributed by atoms with van der Waals surface area (Å²) in [5.41, 5.74) is 6.93. The molecule has 5 heterocycles. The van der Waals surface area contributed by atoms with Gasteiger partial charge in [0.25, 0.3) is 5.56 Å². The molecule has 35 heavy (non-hydrogen) atoms. The number of aromatic nitrogens is 5. The summed E-state index contributed by atoms with van der Waals surface area (Å²) in [5, 5.41) is 0. The van der Waals surface area contributed by atoms with Crippen molar-refractivity contribution in [3.05, 3.63) is 52.5 Å². The van der Waals surface area contributed by atoms with Crippen LogP contribution in [0.2, 0.25) is 0 Å². The second kappa shape index (κ2) is 9.29. The highest BCUT2D eigenvalue weighted by atomic mass is 19.1. The molecule has 0 amide bonds. The van der Waals surface area contributed by atoms with E-state index in [2.05, 4.69) is 24.8 Å². The summed E-state index contributed by atoms with van der Waals surface area (Å²) in [7, 11) is 1.48. The molecule has 1 fully saturated rings. The topological polar surface area (TPSA) is 128 Å². The summed E-state index contributed by atoms with van der Waals surface area (Å²) in [5.74, 6) is 1.56. The van der Waals surface area contributed by atoms with Crippen molar-refractivity contribution >= 4 is 22.9 Å². The SMILES string of the molecule is COc1cnc(N2CCN(CCn3c(=O)cnc4c(-c5ccc(C)o5)nc(N)nc43)CC2)c(F)c1. The first-order chi connectivity index (χ1) is 16.9. The molecule has 5 rings (SSSR count). The number of ether oxygens (including phenoxy) is 1. The van der Waals surface area contributed by atoms with Crippen molar-refractivity contribution in [1.29, 1.82) is 0 Å². The average molecular weight is 481 g/mol. The number of hydrogen-bond donors (Lipinski definition) is 1. The maximum absolute atomic E-state index is 14.4. The van der Waals surface area contributed by atoms with Crippen LogP contribution in [0.3, 0.4) is 0 Å². The van der Waals surface area contributed by atoms with E-state index in [0.29, 0.717) is 73.5 Å². The second-order valence-electron chi connectivity index (χ2n) is 8.27. The lowest BCUT2D eigenvalue weighted by Gasteiger charge is -2.35. The van der Waals surface area contributed by atoms with Gasteiger partial charge >= 0.3 is 0 Å². The number of nitrogen functional groups attached to an aromatic ring is 1. The van der Waals surface area contributed by atoms with Crippen molar-refractivity contribution in [2.45, 2.75) is 13.5 Å². The Hall–Kier alpha value is -4.06. The number of pyridine rings is 1. The third-order valence-electron chi connectivity index (χ3n) is 6.03. The standard InChI is InChI=1S/C23H25FN8O3/c1-14-3-4-17(35-14)19-20-22(29-23(25)28-19)32(18(33)13-26-20)10-7-30-5-8-31(9-6-30)21-16(24)11-15(34-2)12-27-21/h3-4,11-13H,5-10H2,1-2H3,(H2,25,28,29). The number of methoxy groups -OCH3 is 1. The van der Waals surface area contributed by atoms with Crippen molar-refractivity contribution in [3.63, 3.8) is 0 Å². The highest BCUT2D eigenvalue weighted by Crippen LogP contribution is 2.26. The number of nitrogens with two attached hydrogens (primary N) is 1. The molecule has 11 nitrogen and oxygen atoms in total. The second-order valence-corrected chi connectivity index (χ2v) is 8.27. The number of hydrogen-bond acceptors (Lipinski definition) is 10. The quantitative estimate of drug-likeness (QED) is 0.435. The molecule has 0 unspecified atom stereocenters.